The van der Waals surface area contributed by atoms with Gasteiger partial charge in [0.1, 0.15) is 11.8 Å². The van der Waals surface area contributed by atoms with E-state index in [1.165, 1.54) is 4.80 Å². The van der Waals surface area contributed by atoms with Gasteiger partial charge in [-0.15, -0.1) is 5.10 Å². The van der Waals surface area contributed by atoms with Crippen molar-refractivity contribution in [3.05, 3.63) is 90.0 Å². The fraction of sp³-hybridized carbons (Fsp3) is 0.214. The van der Waals surface area contributed by atoms with Gasteiger partial charge in [0.05, 0.1) is 5.41 Å². The molecule has 0 aliphatic heterocycles. The number of aliphatic carboxylic acids is 1. The van der Waals surface area contributed by atoms with E-state index in [2.05, 4.69) is 15.5 Å². The van der Waals surface area contributed by atoms with Crippen molar-refractivity contribution in [2.24, 2.45) is 7.05 Å². The van der Waals surface area contributed by atoms with Crippen LogP contribution in [0.2, 0.25) is 0 Å². The maximum atomic E-state index is 12.5. The van der Waals surface area contributed by atoms with Crippen molar-refractivity contribution < 1.29 is 19.4 Å². The Balaban J connectivity index is 1.30. The van der Waals surface area contributed by atoms with Crippen LogP contribution in [0.4, 0.5) is 10.6 Å². The largest absolute Gasteiger partial charge is 0.481 e. The Morgan fingerprint density at radius 3 is 2.08 bits per heavy atom. The lowest BCUT2D eigenvalue weighted by Crippen LogP contribution is -2.19. The van der Waals surface area contributed by atoms with Gasteiger partial charge in [0.25, 0.3) is 0 Å². The van der Waals surface area contributed by atoms with Gasteiger partial charge >= 0.3 is 12.1 Å². The van der Waals surface area contributed by atoms with Crippen LogP contribution in [0.1, 0.15) is 37.0 Å². The Hall–Kier alpha value is -4.46. The van der Waals surface area contributed by atoms with Crippen molar-refractivity contribution >= 4 is 17.9 Å². The summed E-state index contributed by atoms with van der Waals surface area (Å²) in [7, 11) is 1.69. The molecular formula is C28H26N4O4. The summed E-state index contributed by atoms with van der Waals surface area (Å²) < 4.78 is 5.51. The van der Waals surface area contributed by atoms with E-state index in [-0.39, 0.29) is 0 Å². The number of hydrogen-bond donors (Lipinski definition) is 2. The van der Waals surface area contributed by atoms with Crippen LogP contribution in [0.15, 0.2) is 78.9 Å². The first-order chi connectivity index (χ1) is 17.4. The molecule has 2 N–H and O–H groups in total. The maximum Gasteiger partial charge on any atom is 0.413 e. The predicted molar refractivity (Wildman–Crippen MR) is 135 cm³/mol. The number of amides is 1. The maximum absolute atomic E-state index is 12.5. The summed E-state index contributed by atoms with van der Waals surface area (Å²) in [4.78, 5) is 25.5. The van der Waals surface area contributed by atoms with E-state index < -0.39 is 23.6 Å². The molecule has 1 aliphatic carbocycles. The van der Waals surface area contributed by atoms with Gasteiger partial charge in [-0.2, -0.15) is 9.90 Å². The highest BCUT2D eigenvalue weighted by Crippen LogP contribution is 2.48. The molecule has 1 amide bonds. The summed E-state index contributed by atoms with van der Waals surface area (Å²) in [6.07, 6.45) is 0.342. The lowest BCUT2D eigenvalue weighted by molar-refractivity contribution is -0.140. The highest BCUT2D eigenvalue weighted by molar-refractivity contribution is 5.89. The van der Waals surface area contributed by atoms with E-state index in [9.17, 15) is 14.7 Å². The number of ether oxygens (including phenoxy) is 1. The Bertz CT molecular complexity index is 1390. The van der Waals surface area contributed by atoms with Crippen molar-refractivity contribution in [3.63, 3.8) is 0 Å². The molecule has 1 unspecified atom stereocenters. The summed E-state index contributed by atoms with van der Waals surface area (Å²) in [6, 6.07) is 24.9. The number of nitrogens with zero attached hydrogens (tertiary/aromatic N) is 3. The van der Waals surface area contributed by atoms with Gasteiger partial charge in [-0.05, 0) is 42.0 Å². The number of carbonyl (C=O) groups is 2. The average Bonchev–Trinajstić information content (AvgIpc) is 3.63. The van der Waals surface area contributed by atoms with Gasteiger partial charge in [-0.3, -0.25) is 10.1 Å². The van der Waals surface area contributed by atoms with Gasteiger partial charge in [0.15, 0.2) is 5.82 Å². The number of nitrogens with one attached hydrogen (secondary N) is 1. The second kappa shape index (κ2) is 9.30. The number of anilines is 1. The molecule has 8 heteroatoms. The number of carbonyl (C=O) groups excluding carboxylic acids is 1. The van der Waals surface area contributed by atoms with Crippen molar-refractivity contribution in [1.29, 1.82) is 0 Å². The third-order valence-corrected chi connectivity index (χ3v) is 6.58. The summed E-state index contributed by atoms with van der Waals surface area (Å²) in [5.74, 6) is -0.449. The zero-order chi connectivity index (χ0) is 25.3. The minimum atomic E-state index is -0.758. The molecular weight excluding hydrogens is 456 g/mol. The second-order valence-electron chi connectivity index (χ2n) is 9.01. The topological polar surface area (TPSA) is 106 Å². The monoisotopic (exact) mass is 482 g/mol. The number of benzene rings is 3. The molecule has 0 bridgehead atoms. The Kier molecular flexibility index (Phi) is 6.01. The van der Waals surface area contributed by atoms with Crippen LogP contribution in [0.3, 0.4) is 0 Å². The number of rotatable bonds is 7. The molecule has 1 saturated carbocycles. The first-order valence-electron chi connectivity index (χ1n) is 11.7. The molecule has 5 rings (SSSR count). The Labute approximate surface area is 208 Å². The molecule has 4 aromatic rings. The summed E-state index contributed by atoms with van der Waals surface area (Å²) in [6.45, 7) is 1.81. The number of carboxylic acid groups (broad SMARTS) is 1. The molecule has 36 heavy (non-hydrogen) atoms. The molecule has 8 nitrogen and oxygen atoms in total. The zero-order valence-corrected chi connectivity index (χ0v) is 20.0. The number of hydrogen-bond acceptors (Lipinski definition) is 5. The number of aromatic nitrogens is 3. The van der Waals surface area contributed by atoms with Crippen molar-refractivity contribution in [2.75, 3.05) is 5.32 Å². The SMILES string of the molecule is CC(OC(=O)Nc1nn(C)nc1-c1ccc(-c2ccc(C3(C(=O)O)CC3)cc2)cc1)c1ccccc1. The molecule has 182 valence electrons. The van der Waals surface area contributed by atoms with Crippen LogP contribution in [0, 0.1) is 0 Å². The fourth-order valence-electron chi connectivity index (χ4n) is 4.32. The lowest BCUT2D eigenvalue weighted by atomic mass is 9.93. The first-order valence-corrected chi connectivity index (χ1v) is 11.7. The van der Waals surface area contributed by atoms with Crippen LogP contribution < -0.4 is 5.32 Å². The van der Waals surface area contributed by atoms with Gasteiger partial charge in [-0.25, -0.2) is 4.79 Å². The highest BCUT2D eigenvalue weighted by Gasteiger charge is 2.51. The summed E-state index contributed by atoms with van der Waals surface area (Å²) in [5, 5.41) is 20.9. The normalized spacial score (nSPS) is 14.6. The van der Waals surface area contributed by atoms with Crippen LogP contribution in [-0.2, 0) is 22.0 Å². The second-order valence-corrected chi connectivity index (χ2v) is 9.01. The number of aryl methyl sites for hydroxylation is 1. The van der Waals surface area contributed by atoms with Gasteiger partial charge in [0.2, 0.25) is 0 Å². The van der Waals surface area contributed by atoms with Crippen LogP contribution in [0.25, 0.3) is 22.4 Å². The molecule has 3 aromatic carbocycles. The summed E-state index contributed by atoms with van der Waals surface area (Å²) >= 11 is 0. The van der Waals surface area contributed by atoms with E-state index in [4.69, 9.17) is 4.74 Å². The van der Waals surface area contributed by atoms with Gasteiger partial charge < -0.3 is 9.84 Å². The minimum absolute atomic E-state index is 0.309. The average molecular weight is 483 g/mol. The van der Waals surface area contributed by atoms with Crippen molar-refractivity contribution in [1.82, 2.24) is 15.0 Å². The van der Waals surface area contributed by atoms with Crippen LogP contribution >= 0.6 is 0 Å². The molecule has 1 heterocycles. The predicted octanol–water partition coefficient (Wildman–Crippen LogP) is 5.58. The van der Waals surface area contributed by atoms with Gasteiger partial charge in [-0.1, -0.05) is 78.9 Å². The smallest absolute Gasteiger partial charge is 0.413 e. The summed E-state index contributed by atoms with van der Waals surface area (Å²) in [5.41, 5.74) is 4.32. The minimum Gasteiger partial charge on any atom is -0.481 e. The Morgan fingerprint density at radius 2 is 1.50 bits per heavy atom. The van der Waals surface area contributed by atoms with E-state index in [0.717, 1.165) is 27.8 Å². The van der Waals surface area contributed by atoms with Crippen LogP contribution in [-0.4, -0.2) is 32.2 Å². The molecule has 1 aromatic heterocycles. The fourth-order valence-corrected chi connectivity index (χ4v) is 4.32. The quantitative estimate of drug-likeness (QED) is 0.356. The van der Waals surface area contributed by atoms with Crippen LogP contribution in [0.5, 0.6) is 0 Å². The molecule has 0 radical (unpaired) electrons. The van der Waals surface area contributed by atoms with E-state index >= 15 is 0 Å². The zero-order valence-electron chi connectivity index (χ0n) is 20.0. The Morgan fingerprint density at radius 1 is 0.917 bits per heavy atom. The third-order valence-electron chi connectivity index (χ3n) is 6.58. The van der Waals surface area contributed by atoms with E-state index in [1.54, 1.807) is 7.05 Å². The third kappa shape index (κ3) is 4.57. The van der Waals surface area contributed by atoms with Gasteiger partial charge in [0, 0.05) is 12.6 Å². The van der Waals surface area contributed by atoms with E-state index in [1.807, 2.05) is 85.8 Å². The first kappa shape index (κ1) is 23.3. The molecule has 0 spiro atoms. The standard InChI is InChI=1S/C28H26N4O4/c1-18(19-6-4-3-5-7-19)36-27(35)29-25-24(30-32(2)31-25)22-10-8-20(9-11-22)21-12-14-23(15-13-21)28(16-17-28)26(33)34/h3-15,18H,16-17H2,1-2H3,(H,33,34)(H,29,31,35). The molecule has 1 atom stereocenters. The highest BCUT2D eigenvalue weighted by atomic mass is 16.6. The van der Waals surface area contributed by atoms with Crippen molar-refractivity contribution in [3.8, 4) is 22.4 Å². The van der Waals surface area contributed by atoms with E-state index in [0.29, 0.717) is 24.4 Å². The lowest BCUT2D eigenvalue weighted by Gasteiger charge is -2.13. The molecule has 1 aliphatic rings. The number of carboxylic acids is 1. The van der Waals surface area contributed by atoms with Crippen molar-refractivity contribution in [2.45, 2.75) is 31.3 Å². The molecule has 1 fully saturated rings. The molecule has 0 saturated heterocycles.